The van der Waals surface area contributed by atoms with E-state index in [1.807, 2.05) is 0 Å². The number of hydrogen-bond acceptors (Lipinski definition) is 2. The van der Waals surface area contributed by atoms with E-state index in [1.54, 1.807) is 0 Å². The third-order valence-corrected chi connectivity index (χ3v) is 1.54. The Morgan fingerprint density at radius 2 is 1.50 bits per heavy atom. The topological polar surface area (TPSA) is 29.5 Å². The number of unbranched alkanes of at least 4 members (excludes halogenated alkanes) is 2. The molecule has 0 heterocycles. The highest BCUT2D eigenvalue weighted by Gasteiger charge is 2.07. The molecule has 0 bridgehead atoms. The molecule has 0 aromatic rings. The van der Waals surface area contributed by atoms with Crippen LogP contribution in [0.2, 0.25) is 0 Å². The molecule has 0 fully saturated rings. The molecule has 0 saturated heterocycles. The average Bonchev–Trinajstić information content (AvgIpc) is 2.05. The first-order valence-electron chi connectivity index (χ1n) is 5.72. The van der Waals surface area contributed by atoms with Crippen molar-refractivity contribution in [1.29, 1.82) is 0 Å². The summed E-state index contributed by atoms with van der Waals surface area (Å²) < 4.78 is 5.47. The molecule has 1 N–H and O–H groups in total. The lowest BCUT2D eigenvalue weighted by atomic mass is 10.2. The zero-order valence-corrected chi connectivity index (χ0v) is 10.6. The highest BCUT2D eigenvalue weighted by Crippen LogP contribution is 2.06. The van der Waals surface area contributed by atoms with Crippen molar-refractivity contribution in [2.24, 2.45) is 0 Å². The fourth-order valence-corrected chi connectivity index (χ4v) is 0.681. The van der Waals surface area contributed by atoms with Crippen LogP contribution in [0, 0.1) is 0 Å². The maximum atomic E-state index is 8.07. The van der Waals surface area contributed by atoms with Gasteiger partial charge in [0, 0.05) is 13.2 Å². The van der Waals surface area contributed by atoms with Crippen molar-refractivity contribution in [1.82, 2.24) is 0 Å². The van der Waals surface area contributed by atoms with Crippen LogP contribution in [-0.4, -0.2) is 23.9 Å². The molecular formula is C12H28O2. The van der Waals surface area contributed by atoms with Gasteiger partial charge in [0.05, 0.1) is 5.60 Å². The molecule has 0 aliphatic rings. The highest BCUT2D eigenvalue weighted by molar-refractivity contribution is 4.57. The maximum absolute atomic E-state index is 8.07. The fourth-order valence-electron chi connectivity index (χ4n) is 0.681. The summed E-state index contributed by atoms with van der Waals surface area (Å²) in [4.78, 5) is 0. The number of hydrogen-bond donors (Lipinski definition) is 1. The third kappa shape index (κ3) is 22.7. The van der Waals surface area contributed by atoms with E-state index in [1.165, 1.54) is 12.8 Å². The summed E-state index contributed by atoms with van der Waals surface area (Å²) in [5, 5.41) is 8.07. The first kappa shape index (κ1) is 16.4. The van der Waals surface area contributed by atoms with Crippen LogP contribution in [-0.2, 0) is 4.74 Å². The van der Waals surface area contributed by atoms with Crippen LogP contribution in [0.1, 0.15) is 60.3 Å². The van der Waals surface area contributed by atoms with Gasteiger partial charge in [0.2, 0.25) is 0 Å². The van der Waals surface area contributed by atoms with Crippen LogP contribution in [0.4, 0.5) is 0 Å². The number of rotatable bonds is 5. The van der Waals surface area contributed by atoms with Crippen molar-refractivity contribution in [3.8, 4) is 0 Å². The Morgan fingerprint density at radius 3 is 1.71 bits per heavy atom. The van der Waals surface area contributed by atoms with Gasteiger partial charge in [0.25, 0.3) is 0 Å². The fraction of sp³-hybridized carbons (Fsp3) is 1.00. The molecule has 0 aromatic heterocycles. The molecule has 2 heteroatoms. The average molecular weight is 204 g/mol. The molecule has 0 aliphatic heterocycles. The second-order valence-corrected chi connectivity index (χ2v) is 4.39. The minimum absolute atomic E-state index is 0.0508. The van der Waals surface area contributed by atoms with Gasteiger partial charge in [0.1, 0.15) is 0 Å². The van der Waals surface area contributed by atoms with E-state index in [0.717, 1.165) is 19.4 Å². The van der Waals surface area contributed by atoms with E-state index < -0.39 is 0 Å². The molecule has 0 aliphatic carbocycles. The van der Waals surface area contributed by atoms with Crippen molar-refractivity contribution in [2.45, 2.75) is 65.9 Å². The van der Waals surface area contributed by atoms with Crippen LogP contribution in [0.15, 0.2) is 0 Å². The van der Waals surface area contributed by atoms with E-state index in [-0.39, 0.29) is 5.60 Å². The van der Waals surface area contributed by atoms with Crippen LogP contribution < -0.4 is 0 Å². The Hall–Kier alpha value is -0.0800. The Bertz CT molecular complexity index is 93.0. The van der Waals surface area contributed by atoms with E-state index in [0.29, 0.717) is 6.61 Å². The molecule has 0 atom stereocenters. The molecule has 14 heavy (non-hydrogen) atoms. The van der Waals surface area contributed by atoms with E-state index >= 15 is 0 Å². The Morgan fingerprint density at radius 1 is 1.00 bits per heavy atom. The molecule has 0 spiro atoms. The van der Waals surface area contributed by atoms with Crippen molar-refractivity contribution in [3.05, 3.63) is 0 Å². The van der Waals surface area contributed by atoms with Gasteiger partial charge in [0.15, 0.2) is 0 Å². The molecule has 0 radical (unpaired) electrons. The Balaban J connectivity index is 0. The molecule has 0 rings (SSSR count). The summed E-state index contributed by atoms with van der Waals surface area (Å²) in [6.07, 6.45) is 4.43. The summed E-state index contributed by atoms with van der Waals surface area (Å²) in [6.45, 7) is 11.7. The molecule has 2 nitrogen and oxygen atoms in total. The van der Waals surface area contributed by atoms with Gasteiger partial charge < -0.3 is 9.84 Å². The maximum Gasteiger partial charge on any atom is 0.0598 e. The van der Waals surface area contributed by atoms with E-state index in [4.69, 9.17) is 9.84 Å². The normalized spacial score (nSPS) is 10.7. The van der Waals surface area contributed by atoms with Gasteiger partial charge in [-0.3, -0.25) is 0 Å². The highest BCUT2D eigenvalue weighted by atomic mass is 16.5. The SMILES string of the molecule is CCCCO.CCCCOC(C)(C)C. The molecule has 0 amide bonds. The smallest absolute Gasteiger partial charge is 0.0598 e. The second-order valence-electron chi connectivity index (χ2n) is 4.39. The molecular weight excluding hydrogens is 176 g/mol. The summed E-state index contributed by atoms with van der Waals surface area (Å²) in [5.74, 6) is 0. The van der Waals surface area contributed by atoms with Gasteiger partial charge in [-0.05, 0) is 33.6 Å². The Labute approximate surface area is 89.7 Å². The quantitative estimate of drug-likeness (QED) is 0.696. The largest absolute Gasteiger partial charge is 0.396 e. The van der Waals surface area contributed by atoms with Crippen molar-refractivity contribution in [3.63, 3.8) is 0 Å². The predicted molar refractivity (Wildman–Crippen MR) is 62.6 cm³/mol. The standard InChI is InChI=1S/C8H18O.C4H10O/c1-5-6-7-9-8(2,3)4;1-2-3-4-5/h5-7H2,1-4H3;5H,2-4H2,1H3. The number of aliphatic hydroxyl groups is 1. The summed E-state index contributed by atoms with van der Waals surface area (Å²) >= 11 is 0. The van der Waals surface area contributed by atoms with E-state index in [2.05, 4.69) is 34.6 Å². The van der Waals surface area contributed by atoms with Crippen LogP contribution in [0.5, 0.6) is 0 Å². The van der Waals surface area contributed by atoms with Gasteiger partial charge >= 0.3 is 0 Å². The summed E-state index contributed by atoms with van der Waals surface area (Å²) in [5.41, 5.74) is 0.0508. The van der Waals surface area contributed by atoms with Crippen molar-refractivity contribution in [2.75, 3.05) is 13.2 Å². The molecule has 88 valence electrons. The lowest BCUT2D eigenvalue weighted by Gasteiger charge is -2.18. The minimum Gasteiger partial charge on any atom is -0.396 e. The Kier molecular flexibility index (Phi) is 12.8. The van der Waals surface area contributed by atoms with Crippen molar-refractivity contribution < 1.29 is 9.84 Å². The first-order chi connectivity index (χ1) is 6.47. The number of aliphatic hydroxyl groups excluding tert-OH is 1. The summed E-state index contributed by atoms with van der Waals surface area (Å²) in [6, 6.07) is 0. The van der Waals surface area contributed by atoms with Gasteiger partial charge in [-0.2, -0.15) is 0 Å². The predicted octanol–water partition coefficient (Wildman–Crippen LogP) is 3.38. The van der Waals surface area contributed by atoms with Gasteiger partial charge in [-0.15, -0.1) is 0 Å². The minimum atomic E-state index is 0.0508. The molecule has 0 unspecified atom stereocenters. The zero-order valence-electron chi connectivity index (χ0n) is 10.6. The number of ether oxygens (including phenoxy) is 1. The lowest BCUT2D eigenvalue weighted by molar-refractivity contribution is -0.00415. The van der Waals surface area contributed by atoms with Crippen LogP contribution in [0.25, 0.3) is 0 Å². The lowest BCUT2D eigenvalue weighted by Crippen LogP contribution is -2.19. The first-order valence-corrected chi connectivity index (χ1v) is 5.72. The zero-order chi connectivity index (χ0) is 11.4. The second kappa shape index (κ2) is 11.0. The monoisotopic (exact) mass is 204 g/mol. The third-order valence-electron chi connectivity index (χ3n) is 1.54. The summed E-state index contributed by atoms with van der Waals surface area (Å²) in [7, 11) is 0. The molecule has 0 aromatic carbocycles. The van der Waals surface area contributed by atoms with Gasteiger partial charge in [-0.25, -0.2) is 0 Å². The van der Waals surface area contributed by atoms with Crippen LogP contribution >= 0.6 is 0 Å². The van der Waals surface area contributed by atoms with Gasteiger partial charge in [-0.1, -0.05) is 26.7 Å². The van der Waals surface area contributed by atoms with E-state index in [9.17, 15) is 0 Å². The van der Waals surface area contributed by atoms with Crippen LogP contribution in [0.3, 0.4) is 0 Å². The van der Waals surface area contributed by atoms with Crippen molar-refractivity contribution >= 4 is 0 Å². The molecule has 0 saturated carbocycles.